The van der Waals surface area contributed by atoms with Crippen molar-refractivity contribution >= 4 is 21.1 Å². The number of nitrogens with two attached hydrogens (primary N) is 1. The summed E-state index contributed by atoms with van der Waals surface area (Å²) in [5.74, 6) is -0.000994. The number of nitrogens with zero attached hydrogens (tertiary/aromatic N) is 3. The van der Waals surface area contributed by atoms with Crippen LogP contribution >= 0.6 is 0 Å². The van der Waals surface area contributed by atoms with Gasteiger partial charge in [-0.15, -0.1) is 0 Å². The molecule has 0 saturated heterocycles. The van der Waals surface area contributed by atoms with Gasteiger partial charge in [0.1, 0.15) is 0 Å². The molecule has 0 saturated carbocycles. The number of sulfonamides is 1. The van der Waals surface area contributed by atoms with E-state index < -0.39 is 10.0 Å². The highest BCUT2D eigenvalue weighted by molar-refractivity contribution is 7.89. The van der Waals surface area contributed by atoms with E-state index in [-0.39, 0.29) is 5.75 Å². The minimum absolute atomic E-state index is 0.000994. The molecule has 2 rings (SSSR count). The van der Waals surface area contributed by atoms with E-state index in [1.54, 1.807) is 10.9 Å². The second-order valence-electron chi connectivity index (χ2n) is 4.82. The molecule has 0 fully saturated rings. The normalized spacial score (nSPS) is 12.2. The van der Waals surface area contributed by atoms with Gasteiger partial charge in [0.25, 0.3) is 0 Å². The van der Waals surface area contributed by atoms with Crippen LogP contribution in [0.1, 0.15) is 17.7 Å². The molecule has 2 aromatic rings. The summed E-state index contributed by atoms with van der Waals surface area (Å²) in [7, 11) is -1.50. The van der Waals surface area contributed by atoms with E-state index in [1.165, 1.54) is 0 Å². The number of fused-ring (bicyclic) bond motifs is 1. The van der Waals surface area contributed by atoms with Crippen LogP contribution in [0.4, 0.5) is 0 Å². The Balaban J connectivity index is 1.92. The van der Waals surface area contributed by atoms with Crippen molar-refractivity contribution in [2.45, 2.75) is 19.9 Å². The second-order valence-corrected chi connectivity index (χ2v) is 6.56. The third-order valence-electron chi connectivity index (χ3n) is 3.03. The molecule has 0 bridgehead atoms. The minimum Gasteiger partial charge on any atom is -0.313 e. The first-order valence-corrected chi connectivity index (χ1v) is 8.08. The van der Waals surface area contributed by atoms with Crippen LogP contribution in [0.5, 0.6) is 0 Å². The van der Waals surface area contributed by atoms with E-state index in [4.69, 9.17) is 5.14 Å². The Kier molecular flexibility index (Phi) is 4.36. The summed E-state index contributed by atoms with van der Waals surface area (Å²) in [6.07, 6.45) is 2.30. The van der Waals surface area contributed by atoms with Gasteiger partial charge in [0.15, 0.2) is 5.65 Å². The highest BCUT2D eigenvalue weighted by Gasteiger charge is 2.07. The molecular formula is C12H19N5O2S. The smallest absolute Gasteiger partial charge is 0.209 e. The number of aryl methyl sites for hydroxylation is 2. The van der Waals surface area contributed by atoms with E-state index in [1.807, 2.05) is 14.0 Å². The van der Waals surface area contributed by atoms with Crippen molar-refractivity contribution in [1.29, 1.82) is 0 Å². The van der Waals surface area contributed by atoms with Crippen molar-refractivity contribution in [3.05, 3.63) is 23.5 Å². The van der Waals surface area contributed by atoms with Crippen molar-refractivity contribution in [3.8, 4) is 0 Å². The number of pyridine rings is 1. The van der Waals surface area contributed by atoms with Gasteiger partial charge in [0, 0.05) is 25.2 Å². The summed E-state index contributed by atoms with van der Waals surface area (Å²) < 4.78 is 23.3. The summed E-state index contributed by atoms with van der Waals surface area (Å²) in [6.45, 7) is 3.19. The van der Waals surface area contributed by atoms with E-state index in [0.29, 0.717) is 19.5 Å². The second kappa shape index (κ2) is 5.86. The van der Waals surface area contributed by atoms with Gasteiger partial charge >= 0.3 is 0 Å². The Morgan fingerprint density at radius 3 is 2.90 bits per heavy atom. The molecule has 110 valence electrons. The topological polar surface area (TPSA) is 103 Å². The first-order chi connectivity index (χ1) is 9.37. The van der Waals surface area contributed by atoms with Crippen molar-refractivity contribution in [2.75, 3.05) is 12.3 Å². The van der Waals surface area contributed by atoms with E-state index in [9.17, 15) is 8.42 Å². The summed E-state index contributed by atoms with van der Waals surface area (Å²) >= 11 is 0. The Morgan fingerprint density at radius 1 is 1.45 bits per heavy atom. The molecule has 0 unspecified atom stereocenters. The molecule has 0 aliphatic rings. The fourth-order valence-electron chi connectivity index (χ4n) is 2.08. The Labute approximate surface area is 118 Å². The molecule has 2 aromatic heterocycles. The molecule has 2 heterocycles. The van der Waals surface area contributed by atoms with Gasteiger partial charge in [-0.05, 0) is 31.5 Å². The van der Waals surface area contributed by atoms with Crippen molar-refractivity contribution in [2.24, 2.45) is 12.2 Å². The average molecular weight is 297 g/mol. The number of primary sulfonamides is 1. The van der Waals surface area contributed by atoms with Crippen molar-refractivity contribution in [3.63, 3.8) is 0 Å². The third-order valence-corrected chi connectivity index (χ3v) is 3.89. The predicted octanol–water partition coefficient (Wildman–Crippen LogP) is 0.0449. The first-order valence-electron chi connectivity index (χ1n) is 6.36. The van der Waals surface area contributed by atoms with Gasteiger partial charge in [-0.1, -0.05) is 0 Å². The lowest BCUT2D eigenvalue weighted by Crippen LogP contribution is -2.22. The van der Waals surface area contributed by atoms with Gasteiger partial charge < -0.3 is 5.32 Å². The Hall–Kier alpha value is -1.51. The standard InChI is InChI=1S/C12H19N5O2S/c1-9-11-6-10(8-15-12(11)17(2)16-9)7-14-4-3-5-20(13,18)19/h6,8,14H,3-5,7H2,1-2H3,(H2,13,18,19). The van der Waals surface area contributed by atoms with E-state index >= 15 is 0 Å². The lowest BCUT2D eigenvalue weighted by atomic mass is 10.2. The molecule has 0 radical (unpaired) electrons. The van der Waals surface area contributed by atoms with Gasteiger partial charge in [0.05, 0.1) is 11.4 Å². The van der Waals surface area contributed by atoms with Crippen LogP contribution in [0, 0.1) is 6.92 Å². The largest absolute Gasteiger partial charge is 0.313 e. The summed E-state index contributed by atoms with van der Waals surface area (Å²) in [5.41, 5.74) is 2.86. The quantitative estimate of drug-likeness (QED) is 0.733. The molecule has 0 amide bonds. The number of nitrogens with one attached hydrogen (secondary N) is 1. The van der Waals surface area contributed by atoms with Crippen LogP contribution in [0.3, 0.4) is 0 Å². The summed E-state index contributed by atoms with van der Waals surface area (Å²) in [6, 6.07) is 2.05. The monoisotopic (exact) mass is 297 g/mol. The molecular weight excluding hydrogens is 278 g/mol. The predicted molar refractivity (Wildman–Crippen MR) is 77.5 cm³/mol. The first kappa shape index (κ1) is 14.9. The number of rotatable bonds is 6. The molecule has 0 aliphatic carbocycles. The number of hydrogen-bond donors (Lipinski definition) is 2. The molecule has 0 aliphatic heterocycles. The maximum Gasteiger partial charge on any atom is 0.209 e. The van der Waals surface area contributed by atoms with Gasteiger partial charge in [-0.25, -0.2) is 18.5 Å². The molecule has 20 heavy (non-hydrogen) atoms. The van der Waals surface area contributed by atoms with E-state index in [0.717, 1.165) is 22.3 Å². The SMILES string of the molecule is Cc1nn(C)c2ncc(CNCCCS(N)(=O)=O)cc12. The summed E-state index contributed by atoms with van der Waals surface area (Å²) in [5, 5.41) is 13.5. The van der Waals surface area contributed by atoms with Crippen LogP contribution < -0.4 is 10.5 Å². The highest BCUT2D eigenvalue weighted by Crippen LogP contribution is 2.16. The lowest BCUT2D eigenvalue weighted by Gasteiger charge is -2.04. The molecule has 7 nitrogen and oxygen atoms in total. The molecule has 3 N–H and O–H groups in total. The molecule has 8 heteroatoms. The highest BCUT2D eigenvalue weighted by atomic mass is 32.2. The molecule has 0 aromatic carbocycles. The summed E-state index contributed by atoms with van der Waals surface area (Å²) in [4.78, 5) is 4.38. The average Bonchev–Trinajstić information content (AvgIpc) is 2.63. The molecule has 0 atom stereocenters. The van der Waals surface area contributed by atoms with Crippen molar-refractivity contribution in [1.82, 2.24) is 20.1 Å². The van der Waals surface area contributed by atoms with Gasteiger partial charge in [0.2, 0.25) is 10.0 Å². The minimum atomic E-state index is -3.36. The number of hydrogen-bond acceptors (Lipinski definition) is 5. The molecule has 0 spiro atoms. The zero-order chi connectivity index (χ0) is 14.8. The van der Waals surface area contributed by atoms with Crippen LogP contribution in [0.25, 0.3) is 11.0 Å². The van der Waals surface area contributed by atoms with Gasteiger partial charge in [-0.3, -0.25) is 4.68 Å². The fraction of sp³-hybridized carbons (Fsp3) is 0.500. The van der Waals surface area contributed by atoms with Crippen LogP contribution in [-0.4, -0.2) is 35.5 Å². The zero-order valence-corrected chi connectivity index (χ0v) is 12.4. The Morgan fingerprint density at radius 2 is 2.20 bits per heavy atom. The van der Waals surface area contributed by atoms with Crippen LogP contribution in [0.15, 0.2) is 12.3 Å². The van der Waals surface area contributed by atoms with Crippen LogP contribution in [-0.2, 0) is 23.6 Å². The lowest BCUT2D eigenvalue weighted by molar-refractivity contribution is 0.590. The fourth-order valence-corrected chi connectivity index (χ4v) is 2.63. The van der Waals surface area contributed by atoms with Crippen molar-refractivity contribution < 1.29 is 8.42 Å². The van der Waals surface area contributed by atoms with Gasteiger partial charge in [-0.2, -0.15) is 5.10 Å². The van der Waals surface area contributed by atoms with Crippen LogP contribution in [0.2, 0.25) is 0 Å². The zero-order valence-electron chi connectivity index (χ0n) is 11.6. The number of aromatic nitrogens is 3. The maximum atomic E-state index is 10.8. The third kappa shape index (κ3) is 3.75. The maximum absolute atomic E-state index is 10.8. The van der Waals surface area contributed by atoms with E-state index in [2.05, 4.69) is 21.5 Å². The Bertz CT molecular complexity index is 708.